The van der Waals surface area contributed by atoms with Crippen molar-refractivity contribution in [2.24, 2.45) is 0 Å². The highest BCUT2D eigenvalue weighted by Crippen LogP contribution is 2.19. The minimum absolute atomic E-state index is 0.0492. The van der Waals surface area contributed by atoms with Gasteiger partial charge in [-0.1, -0.05) is 30.3 Å². The van der Waals surface area contributed by atoms with Crippen LogP contribution < -0.4 is 5.32 Å². The van der Waals surface area contributed by atoms with E-state index in [0.29, 0.717) is 6.42 Å². The van der Waals surface area contributed by atoms with Gasteiger partial charge in [0.25, 0.3) is 0 Å². The molecule has 4 heteroatoms. The van der Waals surface area contributed by atoms with Gasteiger partial charge in [-0.05, 0) is 41.6 Å². The van der Waals surface area contributed by atoms with Crippen molar-refractivity contribution in [2.75, 3.05) is 5.32 Å². The molecule has 2 aromatic carbocycles. The molecular formula is C15H12N2OS. The van der Waals surface area contributed by atoms with Gasteiger partial charge in [-0.15, -0.1) is 0 Å². The number of rotatable bonds is 4. The maximum Gasteiger partial charge on any atom is 0.228 e. The van der Waals surface area contributed by atoms with Crippen LogP contribution in [0, 0.1) is 10.7 Å². The Bertz CT molecular complexity index is 588. The Kier molecular flexibility index (Phi) is 4.60. The average molecular weight is 268 g/mol. The van der Waals surface area contributed by atoms with Gasteiger partial charge < -0.3 is 5.32 Å². The fourth-order valence-corrected chi connectivity index (χ4v) is 2.02. The Balaban J connectivity index is 1.94. The number of hydrogen-bond donors (Lipinski definition) is 1. The molecule has 94 valence electrons. The Morgan fingerprint density at radius 1 is 1.11 bits per heavy atom. The molecule has 0 radical (unpaired) electrons. The zero-order valence-corrected chi connectivity index (χ0v) is 11.0. The third kappa shape index (κ3) is 4.16. The largest absolute Gasteiger partial charge is 0.326 e. The van der Waals surface area contributed by atoms with Gasteiger partial charge in [0.2, 0.25) is 5.91 Å². The van der Waals surface area contributed by atoms with Crippen molar-refractivity contribution in [1.82, 2.24) is 0 Å². The summed E-state index contributed by atoms with van der Waals surface area (Å²) in [6, 6.07) is 16.8. The molecule has 0 bridgehead atoms. The molecule has 0 unspecified atom stereocenters. The number of hydrogen-bond acceptors (Lipinski definition) is 3. The number of nitrogens with one attached hydrogen (secondary N) is 1. The van der Waals surface area contributed by atoms with Crippen molar-refractivity contribution in [3.63, 3.8) is 0 Å². The van der Waals surface area contributed by atoms with Crippen LogP contribution in [0.3, 0.4) is 0 Å². The van der Waals surface area contributed by atoms with Gasteiger partial charge in [0.1, 0.15) is 5.40 Å². The number of nitrogens with zero attached hydrogens (tertiary/aromatic N) is 1. The van der Waals surface area contributed by atoms with E-state index in [-0.39, 0.29) is 5.91 Å². The van der Waals surface area contributed by atoms with Crippen LogP contribution in [0.2, 0.25) is 0 Å². The lowest BCUT2D eigenvalue weighted by atomic mass is 10.1. The molecule has 0 fully saturated rings. The van der Waals surface area contributed by atoms with Gasteiger partial charge in [-0.25, -0.2) is 0 Å². The SMILES string of the molecule is N#CSc1ccc(NC(=O)Cc2ccccc2)cc1. The van der Waals surface area contributed by atoms with Crippen molar-refractivity contribution in [1.29, 1.82) is 5.26 Å². The Morgan fingerprint density at radius 3 is 2.42 bits per heavy atom. The van der Waals surface area contributed by atoms with E-state index in [1.807, 2.05) is 47.9 Å². The minimum Gasteiger partial charge on any atom is -0.326 e. The van der Waals surface area contributed by atoms with E-state index in [2.05, 4.69) is 5.32 Å². The van der Waals surface area contributed by atoms with Crippen molar-refractivity contribution in [2.45, 2.75) is 11.3 Å². The number of thiocyanates is 1. The first-order chi connectivity index (χ1) is 9.28. The quantitative estimate of drug-likeness (QED) is 0.682. The lowest BCUT2D eigenvalue weighted by Gasteiger charge is -2.05. The van der Waals surface area contributed by atoms with E-state index >= 15 is 0 Å². The average Bonchev–Trinajstić information content (AvgIpc) is 2.42. The minimum atomic E-state index is -0.0492. The van der Waals surface area contributed by atoms with Crippen molar-refractivity contribution < 1.29 is 4.79 Å². The summed E-state index contributed by atoms with van der Waals surface area (Å²) < 4.78 is 0. The maximum atomic E-state index is 11.8. The van der Waals surface area contributed by atoms with Crippen LogP contribution in [0.1, 0.15) is 5.56 Å². The number of benzene rings is 2. The summed E-state index contributed by atoms with van der Waals surface area (Å²) in [5.74, 6) is -0.0492. The second-order valence-electron chi connectivity index (χ2n) is 3.93. The third-order valence-corrected chi connectivity index (χ3v) is 3.11. The number of anilines is 1. The summed E-state index contributed by atoms with van der Waals surface area (Å²) in [5.41, 5.74) is 1.72. The monoisotopic (exact) mass is 268 g/mol. The van der Waals surface area contributed by atoms with Crippen molar-refractivity contribution in [3.05, 3.63) is 60.2 Å². The first kappa shape index (κ1) is 13.2. The number of carbonyl (C=O) groups is 1. The summed E-state index contributed by atoms with van der Waals surface area (Å²) in [7, 11) is 0. The summed E-state index contributed by atoms with van der Waals surface area (Å²) in [6.45, 7) is 0. The molecule has 0 atom stereocenters. The zero-order valence-electron chi connectivity index (χ0n) is 10.2. The van der Waals surface area contributed by atoms with Gasteiger partial charge in [-0.2, -0.15) is 5.26 Å². The molecule has 0 heterocycles. The molecule has 0 aliphatic carbocycles. The molecule has 1 amide bonds. The van der Waals surface area contributed by atoms with Crippen LogP contribution in [0.5, 0.6) is 0 Å². The molecule has 0 aromatic heterocycles. The van der Waals surface area contributed by atoms with E-state index in [9.17, 15) is 4.79 Å². The Morgan fingerprint density at radius 2 is 1.79 bits per heavy atom. The van der Waals surface area contributed by atoms with E-state index in [1.165, 1.54) is 0 Å². The molecule has 0 saturated heterocycles. The lowest BCUT2D eigenvalue weighted by molar-refractivity contribution is -0.115. The van der Waals surface area contributed by atoms with E-state index in [0.717, 1.165) is 27.9 Å². The Hall–Kier alpha value is -2.25. The predicted molar refractivity (Wildman–Crippen MR) is 76.7 cm³/mol. The van der Waals surface area contributed by atoms with Crippen LogP contribution >= 0.6 is 11.8 Å². The van der Waals surface area contributed by atoms with E-state index < -0.39 is 0 Å². The Labute approximate surface area is 116 Å². The van der Waals surface area contributed by atoms with Crippen LogP contribution in [0.15, 0.2) is 59.5 Å². The molecule has 1 N–H and O–H groups in total. The normalized spacial score (nSPS) is 9.63. The zero-order chi connectivity index (χ0) is 13.5. The highest BCUT2D eigenvalue weighted by Gasteiger charge is 2.03. The predicted octanol–water partition coefficient (Wildman–Crippen LogP) is 3.44. The van der Waals surface area contributed by atoms with Crippen molar-refractivity contribution >= 4 is 23.4 Å². The maximum absolute atomic E-state index is 11.8. The summed E-state index contributed by atoms with van der Waals surface area (Å²) in [5, 5.41) is 13.4. The fraction of sp³-hybridized carbons (Fsp3) is 0.0667. The van der Waals surface area contributed by atoms with Gasteiger partial charge in [0, 0.05) is 10.6 Å². The summed E-state index contributed by atoms with van der Waals surface area (Å²) in [6.07, 6.45) is 0.357. The van der Waals surface area contributed by atoms with Crippen LogP contribution in [-0.2, 0) is 11.2 Å². The van der Waals surface area contributed by atoms with Gasteiger partial charge in [-0.3, -0.25) is 4.79 Å². The molecule has 0 aliphatic rings. The number of thioether (sulfide) groups is 1. The number of nitriles is 1. The van der Waals surface area contributed by atoms with Crippen LogP contribution in [-0.4, -0.2) is 5.91 Å². The van der Waals surface area contributed by atoms with E-state index in [4.69, 9.17) is 5.26 Å². The van der Waals surface area contributed by atoms with E-state index in [1.54, 1.807) is 12.1 Å². The third-order valence-electron chi connectivity index (χ3n) is 2.51. The molecule has 0 saturated carbocycles. The fourth-order valence-electron chi connectivity index (χ4n) is 1.65. The standard InChI is InChI=1S/C15H12N2OS/c16-11-19-14-8-6-13(7-9-14)17-15(18)10-12-4-2-1-3-5-12/h1-9H,10H2,(H,17,18). The first-order valence-electron chi connectivity index (χ1n) is 5.78. The highest BCUT2D eigenvalue weighted by atomic mass is 32.2. The topological polar surface area (TPSA) is 52.9 Å². The molecule has 2 aromatic rings. The summed E-state index contributed by atoms with van der Waals surface area (Å²) in [4.78, 5) is 12.7. The molecule has 3 nitrogen and oxygen atoms in total. The first-order valence-corrected chi connectivity index (χ1v) is 6.59. The summed E-state index contributed by atoms with van der Waals surface area (Å²) >= 11 is 1.10. The molecule has 0 spiro atoms. The molecular weight excluding hydrogens is 256 g/mol. The second kappa shape index (κ2) is 6.62. The lowest BCUT2D eigenvalue weighted by Crippen LogP contribution is -2.14. The molecule has 2 rings (SSSR count). The van der Waals surface area contributed by atoms with Crippen LogP contribution in [0.25, 0.3) is 0 Å². The molecule has 0 aliphatic heterocycles. The van der Waals surface area contributed by atoms with Gasteiger partial charge >= 0.3 is 0 Å². The van der Waals surface area contributed by atoms with Crippen LogP contribution in [0.4, 0.5) is 5.69 Å². The van der Waals surface area contributed by atoms with Crippen molar-refractivity contribution in [3.8, 4) is 5.40 Å². The number of amides is 1. The van der Waals surface area contributed by atoms with Gasteiger partial charge in [0.05, 0.1) is 6.42 Å². The molecule has 19 heavy (non-hydrogen) atoms. The second-order valence-corrected chi connectivity index (χ2v) is 4.79. The smallest absolute Gasteiger partial charge is 0.228 e. The highest BCUT2D eigenvalue weighted by molar-refractivity contribution is 8.03. The number of carbonyl (C=O) groups excluding carboxylic acids is 1. The van der Waals surface area contributed by atoms with Gasteiger partial charge in [0.15, 0.2) is 0 Å².